The van der Waals surface area contributed by atoms with Gasteiger partial charge in [-0.1, -0.05) is 24.3 Å². The Hall–Kier alpha value is -1.59. The third-order valence-corrected chi connectivity index (χ3v) is 3.73. The van der Waals surface area contributed by atoms with Crippen LogP contribution in [0.25, 0.3) is 0 Å². The smallest absolute Gasteiger partial charge is 0.282 e. The highest BCUT2D eigenvalue weighted by atomic mass is 35.5. The lowest BCUT2D eigenvalue weighted by Gasteiger charge is -2.16. The molecule has 6 heteroatoms. The lowest BCUT2D eigenvalue weighted by atomic mass is 10.2. The maximum atomic E-state index is 11.9. The van der Waals surface area contributed by atoms with Gasteiger partial charge in [0.15, 0.2) is 0 Å². The fourth-order valence-electron chi connectivity index (χ4n) is 1.58. The molecule has 0 amide bonds. The first-order valence-electron chi connectivity index (χ1n) is 5.51. The summed E-state index contributed by atoms with van der Waals surface area (Å²) in [6.45, 7) is 0.657. The molecule has 1 aliphatic heterocycles. The molecule has 102 valence electrons. The van der Waals surface area contributed by atoms with E-state index in [-0.39, 0.29) is 17.3 Å². The number of rotatable bonds is 3. The van der Waals surface area contributed by atoms with Gasteiger partial charge in [-0.15, -0.1) is 12.4 Å². The van der Waals surface area contributed by atoms with Crippen LogP contribution in [0.5, 0.6) is 0 Å². The molecule has 0 saturated heterocycles. The Morgan fingerprint density at radius 2 is 1.95 bits per heavy atom. The van der Waals surface area contributed by atoms with Crippen LogP contribution in [0.4, 0.5) is 0 Å². The molecule has 4 nitrogen and oxygen atoms in total. The molecule has 0 saturated carbocycles. The summed E-state index contributed by atoms with van der Waals surface area (Å²) in [6, 6.07) is 8.20. The molecule has 1 aromatic rings. The van der Waals surface area contributed by atoms with Crippen LogP contribution >= 0.6 is 12.4 Å². The molecule has 0 bridgehead atoms. The van der Waals surface area contributed by atoms with Crippen molar-refractivity contribution in [1.29, 1.82) is 0 Å². The van der Waals surface area contributed by atoms with Crippen LogP contribution in [-0.2, 0) is 10.0 Å². The highest BCUT2D eigenvalue weighted by Gasteiger charge is 2.11. The second-order valence-electron chi connectivity index (χ2n) is 4.02. The van der Waals surface area contributed by atoms with E-state index in [0.717, 1.165) is 5.57 Å². The maximum absolute atomic E-state index is 11.9. The summed E-state index contributed by atoms with van der Waals surface area (Å²) in [4.78, 5) is 2.16. The number of halogens is 1. The first-order chi connectivity index (χ1) is 8.58. The fourth-order valence-corrected chi connectivity index (χ4v) is 2.48. The quantitative estimate of drug-likeness (QED) is 0.804. The molecular weight excluding hydrogens is 284 g/mol. The largest absolute Gasteiger partial charge is 0.376 e. The fraction of sp³-hybridized carbons (Fsp3) is 0.154. The summed E-state index contributed by atoms with van der Waals surface area (Å²) in [5.41, 5.74) is 0.861. The molecule has 1 heterocycles. The molecule has 1 aromatic carbocycles. The lowest BCUT2D eigenvalue weighted by molar-refractivity contribution is 0.499. The van der Waals surface area contributed by atoms with Crippen molar-refractivity contribution in [2.24, 2.45) is 4.40 Å². The third kappa shape index (κ3) is 4.22. The topological polar surface area (TPSA) is 49.7 Å². The van der Waals surface area contributed by atoms with E-state index in [1.807, 2.05) is 30.3 Å². The predicted molar refractivity (Wildman–Crippen MR) is 79.2 cm³/mol. The second-order valence-corrected chi connectivity index (χ2v) is 5.65. The van der Waals surface area contributed by atoms with Crippen LogP contribution in [0.2, 0.25) is 0 Å². The zero-order chi connectivity index (χ0) is 13.0. The van der Waals surface area contributed by atoms with E-state index >= 15 is 0 Å². The number of sulfonamides is 1. The Bertz CT molecular complexity index is 607. The Balaban J connectivity index is 0.00000180. The normalized spacial score (nSPS) is 15.2. The standard InChI is InChI=1S/C13H14N2O2S.ClH/c1-15-9-5-6-12(11-15)10-14-18(16,17)13-7-3-2-4-8-13;/h2-10H,11H2,1H3;1H. The van der Waals surface area contributed by atoms with Gasteiger partial charge in [0.2, 0.25) is 0 Å². The summed E-state index contributed by atoms with van der Waals surface area (Å²) in [5, 5.41) is 0. The minimum atomic E-state index is -3.59. The van der Waals surface area contributed by atoms with Crippen LogP contribution in [-0.4, -0.2) is 33.1 Å². The van der Waals surface area contributed by atoms with Gasteiger partial charge in [0, 0.05) is 19.8 Å². The van der Waals surface area contributed by atoms with Crippen molar-refractivity contribution >= 4 is 28.6 Å². The van der Waals surface area contributed by atoms with E-state index in [9.17, 15) is 8.42 Å². The monoisotopic (exact) mass is 298 g/mol. The molecule has 19 heavy (non-hydrogen) atoms. The zero-order valence-electron chi connectivity index (χ0n) is 10.4. The Kier molecular flexibility index (Phi) is 5.32. The van der Waals surface area contributed by atoms with E-state index in [0.29, 0.717) is 6.54 Å². The Morgan fingerprint density at radius 1 is 1.26 bits per heavy atom. The molecule has 0 aliphatic carbocycles. The summed E-state index contributed by atoms with van der Waals surface area (Å²) in [5.74, 6) is 0. The highest BCUT2D eigenvalue weighted by Crippen LogP contribution is 2.11. The molecular formula is C13H15ClN2O2S. The van der Waals surface area contributed by atoms with E-state index in [1.54, 1.807) is 18.2 Å². The average Bonchev–Trinajstić information content (AvgIpc) is 2.38. The summed E-state index contributed by atoms with van der Waals surface area (Å²) in [7, 11) is -1.67. The van der Waals surface area contributed by atoms with Gasteiger partial charge in [0.25, 0.3) is 10.0 Å². The van der Waals surface area contributed by atoms with Crippen LogP contribution < -0.4 is 0 Å². The number of hydrogen-bond acceptors (Lipinski definition) is 3. The molecule has 0 radical (unpaired) electrons. The van der Waals surface area contributed by atoms with Crippen molar-refractivity contribution in [2.75, 3.05) is 13.6 Å². The lowest BCUT2D eigenvalue weighted by Crippen LogP contribution is -2.17. The highest BCUT2D eigenvalue weighted by molar-refractivity contribution is 7.90. The summed E-state index contributed by atoms with van der Waals surface area (Å²) < 4.78 is 27.5. The zero-order valence-corrected chi connectivity index (χ0v) is 12.1. The molecule has 0 spiro atoms. The van der Waals surface area contributed by atoms with Gasteiger partial charge >= 0.3 is 0 Å². The van der Waals surface area contributed by atoms with E-state index in [2.05, 4.69) is 4.40 Å². The number of allylic oxidation sites excluding steroid dienone is 2. The van der Waals surface area contributed by atoms with Crippen molar-refractivity contribution < 1.29 is 8.42 Å². The van der Waals surface area contributed by atoms with Gasteiger partial charge in [-0.3, -0.25) is 0 Å². The van der Waals surface area contributed by atoms with Crippen LogP contribution in [0.1, 0.15) is 0 Å². The summed E-state index contributed by atoms with van der Waals surface area (Å²) >= 11 is 0. The van der Waals surface area contributed by atoms with Crippen LogP contribution in [0.15, 0.2) is 63.6 Å². The van der Waals surface area contributed by atoms with Gasteiger partial charge in [0.1, 0.15) is 0 Å². The first kappa shape index (κ1) is 15.5. The SMILES string of the molecule is CN1C=CC=C(C=NS(=O)(=O)c2ccccc2)C1.Cl. The van der Waals surface area contributed by atoms with E-state index < -0.39 is 10.0 Å². The Morgan fingerprint density at radius 3 is 2.58 bits per heavy atom. The minimum absolute atomic E-state index is 0. The van der Waals surface area contributed by atoms with Crippen molar-refractivity contribution in [1.82, 2.24) is 4.90 Å². The van der Waals surface area contributed by atoms with Crippen LogP contribution in [0.3, 0.4) is 0 Å². The molecule has 0 aromatic heterocycles. The number of benzene rings is 1. The van der Waals surface area contributed by atoms with Crippen molar-refractivity contribution in [3.05, 3.63) is 54.3 Å². The van der Waals surface area contributed by atoms with Crippen LogP contribution in [0, 0.1) is 0 Å². The average molecular weight is 299 g/mol. The number of nitrogens with zero attached hydrogens (tertiary/aromatic N) is 2. The van der Waals surface area contributed by atoms with E-state index in [1.165, 1.54) is 18.3 Å². The summed E-state index contributed by atoms with van der Waals surface area (Å²) in [6.07, 6.45) is 7.04. The predicted octanol–water partition coefficient (Wildman–Crippen LogP) is 2.25. The van der Waals surface area contributed by atoms with Gasteiger partial charge in [-0.05, 0) is 30.0 Å². The van der Waals surface area contributed by atoms with Crippen molar-refractivity contribution in [2.45, 2.75) is 4.90 Å². The molecule has 2 rings (SSSR count). The van der Waals surface area contributed by atoms with E-state index in [4.69, 9.17) is 0 Å². The molecule has 0 N–H and O–H groups in total. The van der Waals surface area contributed by atoms with Crippen molar-refractivity contribution in [3.8, 4) is 0 Å². The van der Waals surface area contributed by atoms with Gasteiger partial charge < -0.3 is 4.90 Å². The van der Waals surface area contributed by atoms with Gasteiger partial charge in [0.05, 0.1) is 4.90 Å². The van der Waals surface area contributed by atoms with Gasteiger partial charge in [-0.2, -0.15) is 12.8 Å². The minimum Gasteiger partial charge on any atom is -0.376 e. The number of hydrogen-bond donors (Lipinski definition) is 0. The molecule has 0 unspecified atom stereocenters. The number of likely N-dealkylation sites (N-methyl/N-ethyl adjacent to an activating group) is 1. The third-order valence-electron chi connectivity index (χ3n) is 2.48. The van der Waals surface area contributed by atoms with Crippen molar-refractivity contribution in [3.63, 3.8) is 0 Å². The Labute approximate surface area is 119 Å². The first-order valence-corrected chi connectivity index (χ1v) is 6.95. The molecule has 0 atom stereocenters. The van der Waals surface area contributed by atoms with Gasteiger partial charge in [-0.25, -0.2) is 0 Å². The second kappa shape index (κ2) is 6.54. The molecule has 1 aliphatic rings. The maximum Gasteiger partial charge on any atom is 0.282 e. The molecule has 0 fully saturated rings.